The summed E-state index contributed by atoms with van der Waals surface area (Å²) < 4.78 is 0.306. The summed E-state index contributed by atoms with van der Waals surface area (Å²) in [5, 5.41) is 0. The van der Waals surface area contributed by atoms with Gasteiger partial charge in [-0.15, -0.1) is 11.6 Å². The lowest BCUT2D eigenvalue weighted by molar-refractivity contribution is 0.369. The highest BCUT2D eigenvalue weighted by Crippen LogP contribution is 2.35. The van der Waals surface area contributed by atoms with Gasteiger partial charge in [0.15, 0.2) is 0 Å². The van der Waals surface area contributed by atoms with E-state index in [4.69, 9.17) is 11.6 Å². The van der Waals surface area contributed by atoms with E-state index >= 15 is 0 Å². The fraction of sp³-hybridized carbons (Fsp3) is 1.00. The fourth-order valence-electron chi connectivity index (χ4n) is 2.70. The molecule has 2 unspecified atom stereocenters. The summed E-state index contributed by atoms with van der Waals surface area (Å²) in [5.74, 6) is 1.56. The van der Waals surface area contributed by atoms with E-state index in [1.54, 1.807) is 0 Å². The third kappa shape index (κ3) is 14.1. The molecule has 3 heteroatoms. The lowest BCUT2D eigenvalue weighted by Crippen LogP contribution is -2.25. The van der Waals surface area contributed by atoms with Crippen LogP contribution in [0.3, 0.4) is 0 Å². The van der Waals surface area contributed by atoms with Crippen LogP contribution in [0.25, 0.3) is 0 Å². The number of hydrogen-bond donors (Lipinski definition) is 1. The molecule has 0 aromatic carbocycles. The predicted molar refractivity (Wildman–Crippen MR) is 103 cm³/mol. The quantitative estimate of drug-likeness (QED) is 0.240. The summed E-state index contributed by atoms with van der Waals surface area (Å²) in [6.45, 7) is 7.04. The summed E-state index contributed by atoms with van der Waals surface area (Å²) in [7, 11) is 0. The molecule has 0 heterocycles. The highest BCUT2D eigenvalue weighted by atomic mass is 79.9. The summed E-state index contributed by atoms with van der Waals surface area (Å²) in [6, 6.07) is 0. The van der Waals surface area contributed by atoms with Gasteiger partial charge in [0.05, 0.1) is 0 Å². The molecule has 0 amide bonds. The van der Waals surface area contributed by atoms with Crippen molar-refractivity contribution in [1.29, 1.82) is 0 Å². The third-order valence-corrected chi connectivity index (χ3v) is 6.01. The summed E-state index contributed by atoms with van der Waals surface area (Å²) in [4.78, 5) is 0. The van der Waals surface area contributed by atoms with E-state index in [2.05, 4.69) is 36.7 Å². The van der Waals surface area contributed by atoms with Crippen molar-refractivity contribution in [2.75, 3.05) is 5.88 Å². The molecular weight excluding hydrogens is 346 g/mol. The van der Waals surface area contributed by atoms with Crippen LogP contribution < -0.4 is 6.15 Å². The van der Waals surface area contributed by atoms with Gasteiger partial charge in [-0.25, -0.2) is 0 Å². The summed E-state index contributed by atoms with van der Waals surface area (Å²) >= 11 is 9.70. The Balaban J connectivity index is 0. The number of halogens is 2. The van der Waals surface area contributed by atoms with Crippen molar-refractivity contribution in [3.05, 3.63) is 0 Å². The minimum absolute atomic E-state index is 0. The molecule has 0 saturated carbocycles. The maximum absolute atomic E-state index is 5.76. The van der Waals surface area contributed by atoms with Gasteiger partial charge in [0.2, 0.25) is 0 Å². The van der Waals surface area contributed by atoms with Gasteiger partial charge in [0.25, 0.3) is 0 Å². The summed E-state index contributed by atoms with van der Waals surface area (Å²) in [6.07, 6.45) is 16.3. The molecular formula is C18H39BrClN. The van der Waals surface area contributed by atoms with Crippen molar-refractivity contribution in [2.45, 2.75) is 102 Å². The van der Waals surface area contributed by atoms with Crippen molar-refractivity contribution in [1.82, 2.24) is 6.15 Å². The Bertz CT molecular complexity index is 209. The van der Waals surface area contributed by atoms with Gasteiger partial charge < -0.3 is 6.15 Å². The molecule has 0 radical (unpaired) electrons. The highest BCUT2D eigenvalue weighted by Gasteiger charge is 2.26. The molecule has 1 nitrogen and oxygen atoms in total. The van der Waals surface area contributed by atoms with Crippen LogP contribution in [0.5, 0.6) is 0 Å². The van der Waals surface area contributed by atoms with Gasteiger partial charge in [0, 0.05) is 10.2 Å². The van der Waals surface area contributed by atoms with Crippen LogP contribution in [-0.4, -0.2) is 10.2 Å². The number of alkyl halides is 2. The molecule has 0 aromatic rings. The van der Waals surface area contributed by atoms with Crippen LogP contribution >= 0.6 is 27.5 Å². The number of unbranched alkanes of at least 4 members (excludes halogenated alkanes) is 8. The van der Waals surface area contributed by atoms with Crippen molar-refractivity contribution in [2.24, 2.45) is 5.92 Å². The maximum atomic E-state index is 5.76. The van der Waals surface area contributed by atoms with E-state index in [0.717, 1.165) is 18.2 Å². The average molecular weight is 385 g/mol. The van der Waals surface area contributed by atoms with E-state index in [-0.39, 0.29) is 6.15 Å². The van der Waals surface area contributed by atoms with Crippen LogP contribution in [0.15, 0.2) is 0 Å². The normalized spacial score (nSPS) is 15.3. The molecule has 0 spiro atoms. The molecule has 0 aliphatic heterocycles. The van der Waals surface area contributed by atoms with Gasteiger partial charge in [0.1, 0.15) is 0 Å². The molecule has 0 bridgehead atoms. The first-order valence-electron chi connectivity index (χ1n) is 8.79. The van der Waals surface area contributed by atoms with E-state index in [1.807, 2.05) is 0 Å². The maximum Gasteiger partial charge on any atom is 0.0255 e. The monoisotopic (exact) mass is 383 g/mol. The minimum Gasteiger partial charge on any atom is -0.344 e. The Labute approximate surface area is 147 Å². The number of rotatable bonds is 14. The Morgan fingerprint density at radius 3 is 1.95 bits per heavy atom. The second-order valence-electron chi connectivity index (χ2n) is 6.59. The third-order valence-electron chi connectivity index (χ3n) is 4.57. The van der Waals surface area contributed by atoms with Crippen LogP contribution in [0.2, 0.25) is 0 Å². The van der Waals surface area contributed by atoms with Gasteiger partial charge in [-0.2, -0.15) is 0 Å². The van der Waals surface area contributed by atoms with Gasteiger partial charge in [-0.05, 0) is 32.1 Å². The molecule has 3 N–H and O–H groups in total. The average Bonchev–Trinajstić information content (AvgIpc) is 2.41. The molecule has 130 valence electrons. The number of hydrogen-bond acceptors (Lipinski definition) is 1. The Hall–Kier alpha value is 0.730. The molecule has 0 aliphatic rings. The lowest BCUT2D eigenvalue weighted by Gasteiger charge is -2.30. The van der Waals surface area contributed by atoms with Gasteiger partial charge in [-0.3, -0.25) is 0 Å². The Morgan fingerprint density at radius 1 is 0.905 bits per heavy atom. The van der Waals surface area contributed by atoms with E-state index in [0.29, 0.717) is 4.32 Å². The van der Waals surface area contributed by atoms with Crippen LogP contribution in [0, 0.1) is 5.92 Å². The van der Waals surface area contributed by atoms with Crippen LogP contribution in [-0.2, 0) is 0 Å². The Kier molecular flexibility index (Phi) is 17.8. The lowest BCUT2D eigenvalue weighted by atomic mass is 9.86. The van der Waals surface area contributed by atoms with E-state index < -0.39 is 0 Å². The topological polar surface area (TPSA) is 35.0 Å². The molecule has 2 atom stereocenters. The minimum atomic E-state index is 0. The Morgan fingerprint density at radius 2 is 1.43 bits per heavy atom. The van der Waals surface area contributed by atoms with E-state index in [1.165, 1.54) is 70.6 Å². The van der Waals surface area contributed by atoms with E-state index in [9.17, 15) is 0 Å². The summed E-state index contributed by atoms with van der Waals surface area (Å²) in [5.41, 5.74) is 0. The smallest absolute Gasteiger partial charge is 0.0255 e. The van der Waals surface area contributed by atoms with Crippen LogP contribution in [0.4, 0.5) is 0 Å². The molecule has 0 aliphatic carbocycles. The molecule has 21 heavy (non-hydrogen) atoms. The van der Waals surface area contributed by atoms with Crippen molar-refractivity contribution in [3.63, 3.8) is 0 Å². The zero-order chi connectivity index (χ0) is 15.3. The largest absolute Gasteiger partial charge is 0.344 e. The first-order valence-corrected chi connectivity index (χ1v) is 10.1. The first kappa shape index (κ1) is 24.0. The zero-order valence-electron chi connectivity index (χ0n) is 14.7. The second kappa shape index (κ2) is 15.6. The zero-order valence-corrected chi connectivity index (χ0v) is 17.1. The SMILES string of the molecule is CCCCCCCCCCC(C)C(C)(Br)CCCCCl.N. The first-order chi connectivity index (χ1) is 9.54. The van der Waals surface area contributed by atoms with Crippen molar-refractivity contribution < 1.29 is 0 Å². The second-order valence-corrected chi connectivity index (χ2v) is 8.78. The van der Waals surface area contributed by atoms with Gasteiger partial charge in [-0.1, -0.05) is 87.6 Å². The fourth-order valence-corrected chi connectivity index (χ4v) is 3.40. The molecule has 0 aromatic heterocycles. The standard InChI is InChI=1S/C18H36BrCl.H3N/c1-4-5-6-7-8-9-10-11-14-17(2)18(3,19)15-12-13-16-20;/h17H,4-16H2,1-3H3;1H3. The van der Waals surface area contributed by atoms with Crippen molar-refractivity contribution in [3.8, 4) is 0 Å². The molecule has 0 saturated heterocycles. The predicted octanol–water partition coefficient (Wildman–Crippen LogP) is 7.88. The van der Waals surface area contributed by atoms with Crippen LogP contribution in [0.1, 0.15) is 97.8 Å². The van der Waals surface area contributed by atoms with Gasteiger partial charge >= 0.3 is 0 Å². The highest BCUT2D eigenvalue weighted by molar-refractivity contribution is 9.10. The van der Waals surface area contributed by atoms with Crippen molar-refractivity contribution >= 4 is 27.5 Å². The molecule has 0 rings (SSSR count). The molecule has 0 fully saturated rings.